The molecule has 0 aliphatic heterocycles. The first-order valence-corrected chi connectivity index (χ1v) is 9.60. The summed E-state index contributed by atoms with van der Waals surface area (Å²) in [6, 6.07) is 3.55. The monoisotopic (exact) mass is 388 g/mol. The van der Waals surface area contributed by atoms with Crippen molar-refractivity contribution >= 4 is 28.6 Å². The second-order valence-corrected chi connectivity index (χ2v) is 8.41. The summed E-state index contributed by atoms with van der Waals surface area (Å²) in [6.45, 7) is 5.52. The van der Waals surface area contributed by atoms with Crippen molar-refractivity contribution in [2.45, 2.75) is 58.1 Å². The molecule has 1 aliphatic carbocycles. The molecule has 8 heteroatoms. The van der Waals surface area contributed by atoms with Crippen LogP contribution in [0.4, 0.5) is 10.5 Å². The van der Waals surface area contributed by atoms with Crippen molar-refractivity contribution in [3.8, 4) is 0 Å². The number of ether oxygens (including phenoxy) is 1. The number of aliphatic hydroxyl groups is 1. The Morgan fingerprint density at radius 2 is 1.96 bits per heavy atom. The van der Waals surface area contributed by atoms with Gasteiger partial charge in [-0.1, -0.05) is 0 Å². The summed E-state index contributed by atoms with van der Waals surface area (Å²) in [5, 5.41) is 17.3. The minimum absolute atomic E-state index is 0.188. The Labute approximate surface area is 164 Å². The van der Waals surface area contributed by atoms with Gasteiger partial charge >= 0.3 is 6.09 Å². The number of amides is 2. The summed E-state index contributed by atoms with van der Waals surface area (Å²) in [4.78, 5) is 24.0. The van der Waals surface area contributed by atoms with Gasteiger partial charge in [0.1, 0.15) is 5.60 Å². The van der Waals surface area contributed by atoms with E-state index < -0.39 is 17.6 Å². The van der Waals surface area contributed by atoms with Crippen LogP contribution in [0.15, 0.2) is 18.3 Å². The molecule has 152 valence electrons. The van der Waals surface area contributed by atoms with Crippen LogP contribution in [0.5, 0.6) is 0 Å². The molecule has 1 heterocycles. The number of hydrogen-bond acceptors (Lipinski definition) is 5. The van der Waals surface area contributed by atoms with Gasteiger partial charge in [0.05, 0.1) is 22.8 Å². The van der Waals surface area contributed by atoms with E-state index in [0.717, 1.165) is 31.1 Å². The Balaban J connectivity index is 1.87. The number of hydrogen-bond donors (Lipinski definition) is 3. The highest BCUT2D eigenvalue weighted by Crippen LogP contribution is 2.33. The zero-order valence-corrected chi connectivity index (χ0v) is 16.6. The zero-order valence-electron chi connectivity index (χ0n) is 16.6. The lowest BCUT2D eigenvalue weighted by atomic mass is 9.87. The molecule has 0 atom stereocenters. The molecule has 2 aromatic rings. The van der Waals surface area contributed by atoms with Crippen molar-refractivity contribution in [2.75, 3.05) is 11.9 Å². The molecule has 8 nitrogen and oxygen atoms in total. The Kier molecular flexibility index (Phi) is 5.60. The standard InChI is InChI=1S/C20H28N4O4/c1-20(2,3)28-19(27)22-17-8-13-10-24(14-6-4-12(11-25)5-7-14)23-16(13)9-15(17)18(21)26/h8-10,12,14,25H,4-7,11H2,1-3H3,(H2,21,26)(H,22,27)/t12-,14-. The van der Waals surface area contributed by atoms with Crippen molar-refractivity contribution in [3.05, 3.63) is 23.9 Å². The predicted molar refractivity (Wildman–Crippen MR) is 106 cm³/mol. The number of carbonyl (C=O) groups excluding carboxylic acids is 2. The molecular weight excluding hydrogens is 360 g/mol. The van der Waals surface area contributed by atoms with Crippen molar-refractivity contribution in [2.24, 2.45) is 11.7 Å². The van der Waals surface area contributed by atoms with E-state index in [4.69, 9.17) is 10.5 Å². The minimum atomic E-state index is -0.653. The summed E-state index contributed by atoms with van der Waals surface area (Å²) in [6.07, 6.45) is 5.11. The van der Waals surface area contributed by atoms with E-state index >= 15 is 0 Å². The van der Waals surface area contributed by atoms with Crippen LogP contribution in [0, 0.1) is 5.92 Å². The first-order valence-electron chi connectivity index (χ1n) is 9.60. The number of anilines is 1. The molecule has 0 bridgehead atoms. The number of nitrogens with zero attached hydrogens (tertiary/aromatic N) is 2. The Bertz CT molecular complexity index is 876. The highest BCUT2D eigenvalue weighted by Gasteiger charge is 2.24. The van der Waals surface area contributed by atoms with Gasteiger partial charge in [-0.25, -0.2) is 4.79 Å². The molecule has 1 saturated carbocycles. The zero-order chi connectivity index (χ0) is 20.5. The molecule has 3 rings (SSSR count). The van der Waals surface area contributed by atoms with Gasteiger partial charge in [-0.15, -0.1) is 0 Å². The van der Waals surface area contributed by atoms with E-state index in [-0.39, 0.29) is 18.2 Å². The Morgan fingerprint density at radius 3 is 2.54 bits per heavy atom. The van der Waals surface area contributed by atoms with E-state index in [2.05, 4.69) is 10.4 Å². The molecule has 1 aliphatic rings. The number of nitrogens with two attached hydrogens (primary N) is 1. The van der Waals surface area contributed by atoms with Gasteiger partial charge in [0.15, 0.2) is 0 Å². The normalized spacial score (nSPS) is 20.1. The van der Waals surface area contributed by atoms with Crippen LogP contribution in [-0.2, 0) is 4.74 Å². The second kappa shape index (κ2) is 7.79. The topological polar surface area (TPSA) is 119 Å². The predicted octanol–water partition coefficient (Wildman–Crippen LogP) is 3.21. The van der Waals surface area contributed by atoms with Crippen molar-refractivity contribution in [3.63, 3.8) is 0 Å². The quantitative estimate of drug-likeness (QED) is 0.743. The maximum Gasteiger partial charge on any atom is 0.412 e. The van der Waals surface area contributed by atoms with E-state index in [1.54, 1.807) is 32.9 Å². The third-order valence-electron chi connectivity index (χ3n) is 5.01. The fraction of sp³-hybridized carbons (Fsp3) is 0.550. The number of carbonyl (C=O) groups is 2. The first-order chi connectivity index (χ1) is 13.2. The van der Waals surface area contributed by atoms with Gasteiger partial charge in [0, 0.05) is 18.2 Å². The van der Waals surface area contributed by atoms with Crippen LogP contribution in [0.25, 0.3) is 10.9 Å². The van der Waals surface area contributed by atoms with Crippen LogP contribution in [-0.4, -0.2) is 39.1 Å². The summed E-state index contributed by atoms with van der Waals surface area (Å²) >= 11 is 0. The van der Waals surface area contributed by atoms with Gasteiger partial charge in [0.2, 0.25) is 0 Å². The van der Waals surface area contributed by atoms with Crippen LogP contribution in [0.3, 0.4) is 0 Å². The summed E-state index contributed by atoms with van der Waals surface area (Å²) in [5.41, 5.74) is 5.98. The number of primary amides is 1. The van der Waals surface area contributed by atoms with E-state index in [0.29, 0.717) is 17.1 Å². The van der Waals surface area contributed by atoms with E-state index in [1.807, 2.05) is 10.9 Å². The molecule has 1 aromatic carbocycles. The maximum atomic E-state index is 12.1. The van der Waals surface area contributed by atoms with Crippen LogP contribution in [0.1, 0.15) is 62.9 Å². The van der Waals surface area contributed by atoms with Gasteiger partial charge in [-0.05, 0) is 64.5 Å². The van der Waals surface area contributed by atoms with E-state index in [9.17, 15) is 14.7 Å². The van der Waals surface area contributed by atoms with Crippen LogP contribution < -0.4 is 11.1 Å². The molecule has 0 spiro atoms. The number of aromatic nitrogens is 2. The molecule has 28 heavy (non-hydrogen) atoms. The minimum Gasteiger partial charge on any atom is -0.444 e. The van der Waals surface area contributed by atoms with Gasteiger partial charge in [0.25, 0.3) is 5.91 Å². The van der Waals surface area contributed by atoms with Crippen LogP contribution >= 0.6 is 0 Å². The number of nitrogens with one attached hydrogen (secondary N) is 1. The van der Waals surface area contributed by atoms with Crippen molar-refractivity contribution in [1.29, 1.82) is 0 Å². The second-order valence-electron chi connectivity index (χ2n) is 8.41. The molecular formula is C20H28N4O4. The third-order valence-corrected chi connectivity index (χ3v) is 5.01. The Hall–Kier alpha value is -2.61. The first kappa shape index (κ1) is 20.1. The molecule has 2 amide bonds. The van der Waals surface area contributed by atoms with Gasteiger partial charge in [-0.2, -0.15) is 5.10 Å². The maximum absolute atomic E-state index is 12.1. The largest absolute Gasteiger partial charge is 0.444 e. The molecule has 0 unspecified atom stereocenters. The average Bonchev–Trinajstić information content (AvgIpc) is 3.02. The SMILES string of the molecule is CC(C)(C)OC(=O)Nc1cc2cn([C@H]3CC[C@H](CO)CC3)nc2cc1C(N)=O. The number of benzene rings is 1. The summed E-state index contributed by atoms with van der Waals surface area (Å²) < 4.78 is 7.18. The van der Waals surface area contributed by atoms with Crippen molar-refractivity contribution in [1.82, 2.24) is 9.78 Å². The highest BCUT2D eigenvalue weighted by atomic mass is 16.6. The Morgan fingerprint density at radius 1 is 1.29 bits per heavy atom. The summed E-state index contributed by atoms with van der Waals surface area (Å²) in [7, 11) is 0. The molecule has 4 N–H and O–H groups in total. The smallest absolute Gasteiger partial charge is 0.412 e. The number of aliphatic hydroxyl groups excluding tert-OH is 1. The van der Waals surface area contributed by atoms with Crippen LogP contribution in [0.2, 0.25) is 0 Å². The van der Waals surface area contributed by atoms with Crippen molar-refractivity contribution < 1.29 is 19.4 Å². The highest BCUT2D eigenvalue weighted by molar-refractivity contribution is 6.05. The number of rotatable bonds is 4. The van der Waals surface area contributed by atoms with Gasteiger partial charge < -0.3 is 15.6 Å². The summed E-state index contributed by atoms with van der Waals surface area (Å²) in [5.74, 6) is -0.279. The molecule has 1 aromatic heterocycles. The molecule has 0 saturated heterocycles. The number of fused-ring (bicyclic) bond motifs is 1. The fourth-order valence-electron chi connectivity index (χ4n) is 3.59. The molecule has 1 fully saturated rings. The van der Waals surface area contributed by atoms with E-state index in [1.165, 1.54) is 0 Å². The lowest BCUT2D eigenvalue weighted by molar-refractivity contribution is 0.0636. The van der Waals surface area contributed by atoms with Gasteiger partial charge in [-0.3, -0.25) is 14.8 Å². The fourth-order valence-corrected chi connectivity index (χ4v) is 3.59. The molecule has 0 radical (unpaired) electrons. The third kappa shape index (κ3) is 4.62. The lowest BCUT2D eigenvalue weighted by Gasteiger charge is -2.27. The average molecular weight is 388 g/mol. The lowest BCUT2D eigenvalue weighted by Crippen LogP contribution is -2.28.